The number of hydrogen-bond donors (Lipinski definition) is 2. The lowest BCUT2D eigenvalue weighted by Crippen LogP contribution is -2.45. The Morgan fingerprint density at radius 3 is 2.54 bits per heavy atom. The summed E-state index contributed by atoms with van der Waals surface area (Å²) in [6.07, 6.45) is 1.12. The van der Waals surface area contributed by atoms with Crippen molar-refractivity contribution in [2.45, 2.75) is 46.1 Å². The molecule has 6 heteroatoms. The summed E-state index contributed by atoms with van der Waals surface area (Å²) >= 11 is 0. The summed E-state index contributed by atoms with van der Waals surface area (Å²) in [7, 11) is 0. The number of benzene rings is 1. The number of nitrogens with two attached hydrogens (primary N) is 1. The van der Waals surface area contributed by atoms with E-state index >= 15 is 0 Å². The van der Waals surface area contributed by atoms with Crippen molar-refractivity contribution in [1.82, 2.24) is 4.90 Å². The van der Waals surface area contributed by atoms with Crippen LogP contribution in [0.25, 0.3) is 0 Å². The lowest BCUT2D eigenvalue weighted by molar-refractivity contribution is 0.0143. The van der Waals surface area contributed by atoms with Crippen LogP contribution in [-0.4, -0.2) is 49.7 Å². The molecule has 0 spiro atoms. The third kappa shape index (κ3) is 7.80. The van der Waals surface area contributed by atoms with Gasteiger partial charge in [-0.2, -0.15) is 0 Å². The molecule has 1 unspecified atom stereocenters. The molecule has 1 aliphatic heterocycles. The van der Waals surface area contributed by atoms with Crippen LogP contribution in [0.1, 0.15) is 45.6 Å². The SMILES string of the molecule is CC(C)CC(CN=C(N)Nc1cccc(C(C)C)c1)N1CCOCC1.I. The Morgan fingerprint density at radius 2 is 1.92 bits per heavy atom. The average molecular weight is 474 g/mol. The summed E-state index contributed by atoms with van der Waals surface area (Å²) in [6.45, 7) is 13.2. The summed E-state index contributed by atoms with van der Waals surface area (Å²) in [4.78, 5) is 7.11. The van der Waals surface area contributed by atoms with E-state index in [1.165, 1.54) is 5.56 Å². The van der Waals surface area contributed by atoms with Crippen LogP contribution in [-0.2, 0) is 4.74 Å². The van der Waals surface area contributed by atoms with Crippen molar-refractivity contribution >= 4 is 35.6 Å². The van der Waals surface area contributed by atoms with Crippen LogP contribution >= 0.6 is 24.0 Å². The van der Waals surface area contributed by atoms with Gasteiger partial charge in [-0.05, 0) is 36.0 Å². The fourth-order valence-electron chi connectivity index (χ4n) is 3.19. The van der Waals surface area contributed by atoms with Crippen LogP contribution in [0.4, 0.5) is 5.69 Å². The highest BCUT2D eigenvalue weighted by molar-refractivity contribution is 14.0. The van der Waals surface area contributed by atoms with Gasteiger partial charge in [0.25, 0.3) is 0 Å². The van der Waals surface area contributed by atoms with E-state index in [-0.39, 0.29) is 24.0 Å². The molecule has 0 amide bonds. The van der Waals surface area contributed by atoms with E-state index in [1.807, 2.05) is 6.07 Å². The summed E-state index contributed by atoms with van der Waals surface area (Å²) < 4.78 is 5.48. The Kier molecular flexibility index (Phi) is 10.5. The maximum absolute atomic E-state index is 6.14. The van der Waals surface area contributed by atoms with Gasteiger partial charge in [0, 0.05) is 24.8 Å². The molecule has 0 aromatic heterocycles. The van der Waals surface area contributed by atoms with Crippen LogP contribution in [0, 0.1) is 5.92 Å². The van der Waals surface area contributed by atoms with Crippen molar-refractivity contribution in [3.05, 3.63) is 29.8 Å². The molecule has 148 valence electrons. The second-order valence-corrected chi connectivity index (χ2v) is 7.56. The van der Waals surface area contributed by atoms with E-state index in [0.29, 0.717) is 23.8 Å². The fourth-order valence-corrected chi connectivity index (χ4v) is 3.19. The highest BCUT2D eigenvalue weighted by atomic mass is 127. The molecular formula is C20H35IN4O. The molecule has 1 fully saturated rings. The number of rotatable bonds is 7. The number of anilines is 1. The van der Waals surface area contributed by atoms with Crippen molar-refractivity contribution in [2.24, 2.45) is 16.6 Å². The first-order chi connectivity index (χ1) is 12.0. The number of nitrogens with zero attached hydrogens (tertiary/aromatic N) is 2. The van der Waals surface area contributed by atoms with E-state index < -0.39 is 0 Å². The van der Waals surface area contributed by atoms with Crippen molar-refractivity contribution in [3.8, 4) is 0 Å². The molecule has 1 atom stereocenters. The summed E-state index contributed by atoms with van der Waals surface area (Å²) in [6, 6.07) is 8.79. The van der Waals surface area contributed by atoms with Gasteiger partial charge in [-0.3, -0.25) is 9.89 Å². The van der Waals surface area contributed by atoms with Crippen molar-refractivity contribution in [1.29, 1.82) is 0 Å². The summed E-state index contributed by atoms with van der Waals surface area (Å²) in [5, 5.41) is 3.23. The first kappa shape index (κ1) is 23.2. The Balaban J connectivity index is 0.00000338. The zero-order valence-corrected chi connectivity index (χ0v) is 18.9. The molecule has 1 saturated heterocycles. The molecule has 0 radical (unpaired) electrons. The predicted octanol–water partition coefficient (Wildman–Crippen LogP) is 3.90. The molecule has 5 nitrogen and oxygen atoms in total. The van der Waals surface area contributed by atoms with Gasteiger partial charge in [0.1, 0.15) is 0 Å². The first-order valence-electron chi connectivity index (χ1n) is 9.44. The number of hydrogen-bond acceptors (Lipinski definition) is 3. The molecule has 2 rings (SSSR count). The third-order valence-electron chi connectivity index (χ3n) is 4.60. The quantitative estimate of drug-likeness (QED) is 0.358. The molecule has 1 aromatic rings. The molecule has 3 N–H and O–H groups in total. The highest BCUT2D eigenvalue weighted by Crippen LogP contribution is 2.18. The Morgan fingerprint density at radius 1 is 1.23 bits per heavy atom. The van der Waals surface area contributed by atoms with Crippen LogP contribution in [0.15, 0.2) is 29.3 Å². The summed E-state index contributed by atoms with van der Waals surface area (Å²) in [5.74, 6) is 1.62. The van der Waals surface area contributed by atoms with Crippen molar-refractivity contribution in [3.63, 3.8) is 0 Å². The first-order valence-corrected chi connectivity index (χ1v) is 9.44. The lowest BCUT2D eigenvalue weighted by atomic mass is 10.0. The number of ether oxygens (including phenoxy) is 1. The van der Waals surface area contributed by atoms with E-state index in [2.05, 4.69) is 61.1 Å². The van der Waals surface area contributed by atoms with Crippen LogP contribution in [0.5, 0.6) is 0 Å². The molecule has 0 saturated carbocycles. The average Bonchev–Trinajstić information content (AvgIpc) is 2.59. The molecule has 1 aromatic carbocycles. The Bertz CT molecular complexity index is 556. The van der Waals surface area contributed by atoms with E-state index in [0.717, 1.165) is 45.0 Å². The van der Waals surface area contributed by atoms with Crippen LogP contribution in [0.3, 0.4) is 0 Å². The van der Waals surface area contributed by atoms with Crippen molar-refractivity contribution in [2.75, 3.05) is 38.2 Å². The molecule has 0 bridgehead atoms. The van der Waals surface area contributed by atoms with E-state index in [1.54, 1.807) is 0 Å². The van der Waals surface area contributed by atoms with Gasteiger partial charge >= 0.3 is 0 Å². The third-order valence-corrected chi connectivity index (χ3v) is 4.60. The number of morpholine rings is 1. The minimum Gasteiger partial charge on any atom is -0.379 e. The predicted molar refractivity (Wildman–Crippen MR) is 122 cm³/mol. The second-order valence-electron chi connectivity index (χ2n) is 7.56. The second kappa shape index (κ2) is 11.8. The molecule has 26 heavy (non-hydrogen) atoms. The molecule has 0 aliphatic carbocycles. The van der Waals surface area contributed by atoms with Gasteiger partial charge in [0.15, 0.2) is 5.96 Å². The zero-order chi connectivity index (χ0) is 18.2. The monoisotopic (exact) mass is 474 g/mol. The number of nitrogens with one attached hydrogen (secondary N) is 1. The normalized spacial score (nSPS) is 17.2. The maximum atomic E-state index is 6.14. The smallest absolute Gasteiger partial charge is 0.193 e. The molecule has 1 aliphatic rings. The largest absolute Gasteiger partial charge is 0.379 e. The maximum Gasteiger partial charge on any atom is 0.193 e. The number of halogens is 1. The Labute approximate surface area is 175 Å². The molecular weight excluding hydrogens is 439 g/mol. The highest BCUT2D eigenvalue weighted by Gasteiger charge is 2.21. The number of aliphatic imine (C=N–C) groups is 1. The van der Waals surface area contributed by atoms with Gasteiger partial charge in [0.2, 0.25) is 0 Å². The topological polar surface area (TPSA) is 62.9 Å². The van der Waals surface area contributed by atoms with Gasteiger partial charge in [-0.25, -0.2) is 0 Å². The van der Waals surface area contributed by atoms with Crippen molar-refractivity contribution < 1.29 is 4.74 Å². The molecule has 1 heterocycles. The van der Waals surface area contributed by atoms with Gasteiger partial charge in [-0.1, -0.05) is 39.8 Å². The Hall–Kier alpha value is -0.860. The van der Waals surface area contributed by atoms with Crippen LogP contribution in [0.2, 0.25) is 0 Å². The van der Waals surface area contributed by atoms with Crippen LogP contribution < -0.4 is 11.1 Å². The minimum atomic E-state index is 0. The van der Waals surface area contributed by atoms with Gasteiger partial charge in [0.05, 0.1) is 19.8 Å². The lowest BCUT2D eigenvalue weighted by Gasteiger charge is -2.34. The number of guanidine groups is 1. The van der Waals surface area contributed by atoms with Gasteiger partial charge in [-0.15, -0.1) is 24.0 Å². The van der Waals surface area contributed by atoms with E-state index in [4.69, 9.17) is 10.5 Å². The minimum absolute atomic E-state index is 0. The standard InChI is InChI=1S/C20H34N4O.HI/c1-15(2)12-19(24-8-10-25-11-9-24)14-22-20(21)23-18-7-5-6-17(13-18)16(3)4;/h5-7,13,15-16,19H,8-12,14H2,1-4H3,(H3,21,22,23);1H. The van der Waals surface area contributed by atoms with E-state index in [9.17, 15) is 0 Å². The zero-order valence-electron chi connectivity index (χ0n) is 16.6. The van der Waals surface area contributed by atoms with Gasteiger partial charge < -0.3 is 15.8 Å². The fraction of sp³-hybridized carbons (Fsp3) is 0.650. The summed E-state index contributed by atoms with van der Waals surface area (Å²) in [5.41, 5.74) is 8.43.